The van der Waals surface area contributed by atoms with Crippen molar-refractivity contribution < 1.29 is 18.0 Å². The van der Waals surface area contributed by atoms with E-state index in [4.69, 9.17) is 0 Å². The minimum Gasteiger partial charge on any atom is -0.345 e. The molecule has 2 saturated carbocycles. The Bertz CT molecular complexity index is 1390. The predicted molar refractivity (Wildman–Crippen MR) is 159 cm³/mol. The maximum Gasteiger partial charge on any atom is 0.416 e. The number of pyridine rings is 1. The van der Waals surface area contributed by atoms with Gasteiger partial charge in [0.25, 0.3) is 0 Å². The first-order valence-corrected chi connectivity index (χ1v) is 14.8. The van der Waals surface area contributed by atoms with Gasteiger partial charge >= 0.3 is 6.18 Å². The van der Waals surface area contributed by atoms with Crippen LogP contribution in [-0.4, -0.2) is 52.9 Å². The zero-order chi connectivity index (χ0) is 29.3. The van der Waals surface area contributed by atoms with E-state index in [0.717, 1.165) is 61.0 Å². The Kier molecular flexibility index (Phi) is 7.83. The van der Waals surface area contributed by atoms with Gasteiger partial charge in [-0.15, -0.1) is 0 Å². The van der Waals surface area contributed by atoms with Gasteiger partial charge in [0.05, 0.1) is 5.56 Å². The van der Waals surface area contributed by atoms with Crippen LogP contribution in [0.15, 0.2) is 79.1 Å². The lowest BCUT2D eigenvalue weighted by Crippen LogP contribution is -2.68. The number of amides is 1. The summed E-state index contributed by atoms with van der Waals surface area (Å²) in [6, 6.07) is 18.0. The van der Waals surface area contributed by atoms with E-state index in [0.29, 0.717) is 17.5 Å². The Morgan fingerprint density at radius 1 is 0.952 bits per heavy atom. The number of halogens is 3. The summed E-state index contributed by atoms with van der Waals surface area (Å²) >= 11 is 0. The van der Waals surface area contributed by atoms with Crippen LogP contribution in [0.4, 0.5) is 24.5 Å². The molecule has 6 rings (SSSR count). The number of hydrogen-bond acceptors (Lipinski definition) is 4. The molecule has 2 heterocycles. The first kappa shape index (κ1) is 28.5. The Hall–Kier alpha value is -3.65. The molecule has 42 heavy (non-hydrogen) atoms. The van der Waals surface area contributed by atoms with E-state index < -0.39 is 11.7 Å². The van der Waals surface area contributed by atoms with Crippen molar-refractivity contribution in [2.24, 2.45) is 5.41 Å². The molecule has 0 atom stereocenters. The number of carbonyl (C=O) groups is 1. The van der Waals surface area contributed by atoms with Gasteiger partial charge in [-0.25, -0.2) is 0 Å². The summed E-state index contributed by atoms with van der Waals surface area (Å²) in [6.45, 7) is 2.75. The van der Waals surface area contributed by atoms with Crippen LogP contribution >= 0.6 is 0 Å². The number of nitrogens with zero attached hydrogens (tertiary/aromatic N) is 4. The molecule has 2 aliphatic carbocycles. The normalized spacial score (nSPS) is 19.1. The zero-order valence-electron chi connectivity index (χ0n) is 23.9. The number of carbonyl (C=O) groups excluding carboxylic acids is 1. The van der Waals surface area contributed by atoms with E-state index >= 15 is 0 Å². The van der Waals surface area contributed by atoms with Crippen molar-refractivity contribution in [2.45, 2.75) is 63.3 Å². The van der Waals surface area contributed by atoms with Crippen molar-refractivity contribution in [1.29, 1.82) is 0 Å². The monoisotopic (exact) mass is 574 g/mol. The molecular weight excluding hydrogens is 537 g/mol. The van der Waals surface area contributed by atoms with E-state index in [1.807, 2.05) is 24.1 Å². The predicted octanol–water partition coefficient (Wildman–Crippen LogP) is 7.32. The fourth-order valence-corrected chi connectivity index (χ4v) is 6.93. The molecule has 3 fully saturated rings. The summed E-state index contributed by atoms with van der Waals surface area (Å²) < 4.78 is 38.9. The Morgan fingerprint density at radius 3 is 2.19 bits per heavy atom. The highest BCUT2D eigenvalue weighted by molar-refractivity contribution is 5.92. The van der Waals surface area contributed by atoms with Crippen molar-refractivity contribution in [3.63, 3.8) is 0 Å². The molecule has 1 aliphatic heterocycles. The Balaban J connectivity index is 1.14. The average Bonchev–Trinajstić information content (AvgIpc) is 3.49. The molecule has 3 aliphatic rings. The standard InChI is InChI=1S/C34H37F3N4O/c1-39(29-16-18-38-19-17-29)28-13-8-26(9-14-28)22-41(31-20-33(21-31)23-40(24-33)30-4-2-3-5-30)32(42)15-10-25-6-11-27(12-7-25)34(35,36)37/h6-19,30-31H,2-5,20-24H2,1H3/b15-10+. The first-order chi connectivity index (χ1) is 20.2. The van der Waals surface area contributed by atoms with Gasteiger partial charge in [0.15, 0.2) is 0 Å². The summed E-state index contributed by atoms with van der Waals surface area (Å²) in [5.74, 6) is -0.111. The van der Waals surface area contributed by atoms with Gasteiger partial charge < -0.3 is 9.80 Å². The van der Waals surface area contributed by atoms with Crippen LogP contribution in [0.25, 0.3) is 6.08 Å². The quantitative estimate of drug-likeness (QED) is 0.265. The molecule has 5 nitrogen and oxygen atoms in total. The Labute approximate surface area is 245 Å². The van der Waals surface area contributed by atoms with Crippen LogP contribution in [-0.2, 0) is 17.5 Å². The van der Waals surface area contributed by atoms with E-state index in [-0.39, 0.29) is 11.9 Å². The highest BCUT2D eigenvalue weighted by Gasteiger charge is 2.55. The second-order valence-corrected chi connectivity index (χ2v) is 12.3. The summed E-state index contributed by atoms with van der Waals surface area (Å²) in [5.41, 5.74) is 3.30. The lowest BCUT2D eigenvalue weighted by atomic mass is 9.59. The van der Waals surface area contributed by atoms with Crippen molar-refractivity contribution in [2.75, 3.05) is 25.0 Å². The van der Waals surface area contributed by atoms with E-state index in [2.05, 4.69) is 39.0 Å². The minimum absolute atomic E-state index is 0.111. The van der Waals surface area contributed by atoms with E-state index in [1.165, 1.54) is 43.9 Å². The molecule has 2 aromatic carbocycles. The molecule has 1 aromatic heterocycles. The Morgan fingerprint density at radius 2 is 1.57 bits per heavy atom. The van der Waals surface area contributed by atoms with Crippen molar-refractivity contribution in [3.05, 3.63) is 95.8 Å². The lowest BCUT2D eigenvalue weighted by molar-refractivity contribution is -0.149. The van der Waals surface area contributed by atoms with Gasteiger partial charge in [-0.2, -0.15) is 13.2 Å². The lowest BCUT2D eigenvalue weighted by Gasteiger charge is -2.62. The first-order valence-electron chi connectivity index (χ1n) is 14.8. The van der Waals surface area contributed by atoms with Crippen molar-refractivity contribution >= 4 is 23.4 Å². The summed E-state index contributed by atoms with van der Waals surface area (Å²) in [7, 11) is 2.01. The summed E-state index contributed by atoms with van der Waals surface area (Å²) in [4.78, 5) is 24.3. The average molecular weight is 575 g/mol. The number of hydrogen-bond donors (Lipinski definition) is 0. The van der Waals surface area contributed by atoms with Gasteiger partial charge in [0, 0.05) is 68.6 Å². The third-order valence-electron chi connectivity index (χ3n) is 9.36. The van der Waals surface area contributed by atoms with Gasteiger partial charge in [0.2, 0.25) is 5.91 Å². The van der Waals surface area contributed by atoms with Gasteiger partial charge in [-0.3, -0.25) is 14.7 Å². The highest BCUT2D eigenvalue weighted by atomic mass is 19.4. The van der Waals surface area contributed by atoms with Gasteiger partial charge in [-0.05, 0) is 84.7 Å². The van der Waals surface area contributed by atoms with Crippen LogP contribution in [0.2, 0.25) is 0 Å². The molecule has 3 aromatic rings. The zero-order valence-corrected chi connectivity index (χ0v) is 23.9. The molecule has 1 spiro atoms. The second kappa shape index (κ2) is 11.6. The molecule has 1 saturated heterocycles. The number of benzene rings is 2. The second-order valence-electron chi connectivity index (χ2n) is 12.3. The molecule has 1 amide bonds. The molecule has 0 unspecified atom stereocenters. The van der Waals surface area contributed by atoms with Gasteiger partial charge in [-0.1, -0.05) is 37.1 Å². The largest absolute Gasteiger partial charge is 0.416 e. The molecular formula is C34H37F3N4O. The van der Waals surface area contributed by atoms with Crippen LogP contribution in [0.1, 0.15) is 55.2 Å². The fraction of sp³-hybridized carbons (Fsp3) is 0.412. The fourth-order valence-electron chi connectivity index (χ4n) is 6.93. The van der Waals surface area contributed by atoms with Crippen LogP contribution in [0, 0.1) is 5.41 Å². The van der Waals surface area contributed by atoms with Gasteiger partial charge in [0.1, 0.15) is 0 Å². The number of alkyl halides is 3. The summed E-state index contributed by atoms with van der Waals surface area (Å²) in [6.07, 6.45) is 9.56. The van der Waals surface area contributed by atoms with E-state index in [9.17, 15) is 18.0 Å². The number of likely N-dealkylation sites (tertiary alicyclic amines) is 1. The number of anilines is 2. The highest BCUT2D eigenvalue weighted by Crippen LogP contribution is 2.52. The van der Waals surface area contributed by atoms with Crippen LogP contribution in [0.3, 0.4) is 0 Å². The molecule has 0 N–H and O–H groups in total. The number of aromatic nitrogens is 1. The SMILES string of the molecule is CN(c1ccncc1)c1ccc(CN(C(=O)/C=C/c2ccc(C(F)(F)F)cc2)C2CC3(C2)CN(C2CCCC2)C3)cc1. The van der Waals surface area contributed by atoms with E-state index in [1.54, 1.807) is 18.5 Å². The molecule has 0 bridgehead atoms. The third kappa shape index (κ3) is 6.09. The minimum atomic E-state index is -4.38. The summed E-state index contributed by atoms with van der Waals surface area (Å²) in [5, 5.41) is 0. The van der Waals surface area contributed by atoms with Crippen molar-refractivity contribution in [3.8, 4) is 0 Å². The maximum atomic E-state index is 13.6. The number of rotatable bonds is 8. The third-order valence-corrected chi connectivity index (χ3v) is 9.36. The van der Waals surface area contributed by atoms with Crippen LogP contribution in [0.5, 0.6) is 0 Å². The van der Waals surface area contributed by atoms with Crippen LogP contribution < -0.4 is 4.90 Å². The topological polar surface area (TPSA) is 39.7 Å². The molecule has 8 heteroatoms. The molecule has 220 valence electrons. The van der Waals surface area contributed by atoms with Crippen molar-refractivity contribution in [1.82, 2.24) is 14.8 Å². The smallest absolute Gasteiger partial charge is 0.345 e. The maximum absolute atomic E-state index is 13.6. The molecule has 0 radical (unpaired) electrons.